The van der Waals surface area contributed by atoms with Crippen LogP contribution in [-0.4, -0.2) is 23.3 Å². The van der Waals surface area contributed by atoms with Gasteiger partial charge in [-0.2, -0.15) is 18.3 Å². The summed E-state index contributed by atoms with van der Waals surface area (Å²) in [6, 6.07) is 5.41. The Balaban J connectivity index is 1.81. The van der Waals surface area contributed by atoms with Gasteiger partial charge in [-0.15, -0.1) is 0 Å². The average molecular weight is 408 g/mol. The summed E-state index contributed by atoms with van der Waals surface area (Å²) in [5.74, 6) is -0.00184. The molecule has 0 saturated carbocycles. The van der Waals surface area contributed by atoms with Crippen LogP contribution >= 0.6 is 0 Å². The number of alkyl halides is 3. The largest absolute Gasteiger partial charge is 0.417 e. The summed E-state index contributed by atoms with van der Waals surface area (Å²) < 4.78 is 52.4. The SMILES string of the molecule is CCN1c2cc(F)c(/C=N/Nc3ccc(C(F)(F)F)cn3)cc2C(C)CC1(C)C. The number of hydrogen-bond acceptors (Lipinski definition) is 4. The van der Waals surface area contributed by atoms with Crippen LogP contribution in [0.2, 0.25) is 0 Å². The van der Waals surface area contributed by atoms with Gasteiger partial charge in [-0.05, 0) is 62.9 Å². The fraction of sp³-hybridized carbons (Fsp3) is 0.429. The molecule has 4 nitrogen and oxygen atoms in total. The van der Waals surface area contributed by atoms with E-state index < -0.39 is 17.6 Å². The van der Waals surface area contributed by atoms with Gasteiger partial charge in [0.15, 0.2) is 0 Å². The second kappa shape index (κ2) is 7.65. The van der Waals surface area contributed by atoms with Gasteiger partial charge in [0.2, 0.25) is 0 Å². The van der Waals surface area contributed by atoms with E-state index in [2.05, 4.69) is 48.1 Å². The second-order valence-electron chi connectivity index (χ2n) is 7.89. The molecule has 0 fully saturated rings. The highest BCUT2D eigenvalue weighted by Gasteiger charge is 2.36. The molecule has 1 aromatic carbocycles. The quantitative estimate of drug-likeness (QED) is 0.395. The van der Waals surface area contributed by atoms with E-state index in [0.717, 1.165) is 36.5 Å². The van der Waals surface area contributed by atoms with Crippen LogP contribution in [0.1, 0.15) is 56.7 Å². The number of nitrogens with one attached hydrogen (secondary N) is 1. The van der Waals surface area contributed by atoms with E-state index in [1.165, 1.54) is 18.3 Å². The minimum Gasteiger partial charge on any atom is -0.366 e. The van der Waals surface area contributed by atoms with Crippen LogP contribution in [0.5, 0.6) is 0 Å². The third kappa shape index (κ3) is 4.36. The van der Waals surface area contributed by atoms with Crippen LogP contribution in [0.3, 0.4) is 0 Å². The Morgan fingerprint density at radius 1 is 1.31 bits per heavy atom. The van der Waals surface area contributed by atoms with Crippen LogP contribution < -0.4 is 10.3 Å². The fourth-order valence-electron chi connectivity index (χ4n) is 4.01. The molecule has 0 saturated heterocycles. The predicted molar refractivity (Wildman–Crippen MR) is 107 cm³/mol. The summed E-state index contributed by atoms with van der Waals surface area (Å²) in [4.78, 5) is 5.88. The summed E-state index contributed by atoms with van der Waals surface area (Å²) >= 11 is 0. The normalized spacial score (nSPS) is 18.8. The summed E-state index contributed by atoms with van der Waals surface area (Å²) in [5.41, 5.74) is 3.90. The number of rotatable bonds is 4. The zero-order valence-corrected chi connectivity index (χ0v) is 16.8. The van der Waals surface area contributed by atoms with Crippen LogP contribution in [0, 0.1) is 5.82 Å². The summed E-state index contributed by atoms with van der Waals surface area (Å²) in [6.07, 6.45) is -1.46. The van der Waals surface area contributed by atoms with Crippen LogP contribution in [0.4, 0.5) is 29.1 Å². The molecule has 156 valence electrons. The van der Waals surface area contributed by atoms with Gasteiger partial charge in [-0.1, -0.05) is 6.92 Å². The van der Waals surface area contributed by atoms with Gasteiger partial charge >= 0.3 is 6.18 Å². The molecule has 1 atom stereocenters. The molecule has 1 unspecified atom stereocenters. The van der Waals surface area contributed by atoms with Crippen molar-refractivity contribution < 1.29 is 17.6 Å². The van der Waals surface area contributed by atoms with Crippen LogP contribution in [-0.2, 0) is 6.18 Å². The maximum Gasteiger partial charge on any atom is 0.417 e. The second-order valence-corrected chi connectivity index (χ2v) is 7.89. The molecule has 29 heavy (non-hydrogen) atoms. The smallest absolute Gasteiger partial charge is 0.366 e. The van der Waals surface area contributed by atoms with Crippen molar-refractivity contribution in [3.8, 4) is 0 Å². The summed E-state index contributed by atoms with van der Waals surface area (Å²) in [6.45, 7) is 9.27. The van der Waals surface area contributed by atoms with E-state index in [1.807, 2.05) is 0 Å². The highest BCUT2D eigenvalue weighted by Crippen LogP contribution is 2.43. The number of pyridine rings is 1. The number of fused-ring (bicyclic) bond motifs is 1. The molecule has 0 bridgehead atoms. The van der Waals surface area contributed by atoms with Crippen molar-refractivity contribution in [3.63, 3.8) is 0 Å². The van der Waals surface area contributed by atoms with E-state index in [4.69, 9.17) is 0 Å². The average Bonchev–Trinajstić information content (AvgIpc) is 2.62. The van der Waals surface area contributed by atoms with Crippen LogP contribution in [0.25, 0.3) is 0 Å². The van der Waals surface area contributed by atoms with Crippen molar-refractivity contribution >= 4 is 17.7 Å². The van der Waals surface area contributed by atoms with E-state index >= 15 is 0 Å². The molecular weight excluding hydrogens is 384 g/mol. The number of anilines is 2. The molecule has 1 N–H and O–H groups in total. The first kappa shape index (κ1) is 21.1. The third-order valence-corrected chi connectivity index (χ3v) is 5.29. The highest BCUT2D eigenvalue weighted by molar-refractivity contribution is 5.82. The Labute approximate surface area is 167 Å². The minimum absolute atomic E-state index is 0.0565. The van der Waals surface area contributed by atoms with E-state index in [0.29, 0.717) is 5.56 Å². The number of nitrogens with zero attached hydrogens (tertiary/aromatic N) is 3. The molecule has 1 aromatic heterocycles. The Bertz CT molecular complexity index is 904. The van der Waals surface area contributed by atoms with Gasteiger partial charge in [0, 0.05) is 29.5 Å². The molecule has 2 heterocycles. The Hall–Kier alpha value is -2.64. The van der Waals surface area contributed by atoms with Crippen molar-refractivity contribution in [1.82, 2.24) is 4.98 Å². The van der Waals surface area contributed by atoms with E-state index in [9.17, 15) is 17.6 Å². The van der Waals surface area contributed by atoms with Gasteiger partial charge in [-0.25, -0.2) is 9.37 Å². The maximum atomic E-state index is 14.7. The maximum absolute atomic E-state index is 14.7. The predicted octanol–water partition coefficient (Wildman–Crippen LogP) is 5.80. The summed E-state index contributed by atoms with van der Waals surface area (Å²) in [5, 5.41) is 3.93. The first-order valence-electron chi connectivity index (χ1n) is 9.46. The zero-order chi connectivity index (χ0) is 21.4. The number of hydrogen-bond donors (Lipinski definition) is 1. The lowest BCUT2D eigenvalue weighted by Gasteiger charge is -2.47. The molecule has 2 aromatic rings. The van der Waals surface area contributed by atoms with Crippen molar-refractivity contribution in [2.75, 3.05) is 16.9 Å². The molecule has 0 spiro atoms. The zero-order valence-electron chi connectivity index (χ0n) is 16.8. The fourth-order valence-corrected chi connectivity index (χ4v) is 4.01. The Morgan fingerprint density at radius 2 is 2.03 bits per heavy atom. The number of benzene rings is 1. The molecule has 0 amide bonds. The van der Waals surface area contributed by atoms with E-state index in [1.54, 1.807) is 6.07 Å². The molecule has 8 heteroatoms. The van der Waals surface area contributed by atoms with Crippen molar-refractivity contribution in [3.05, 3.63) is 53.0 Å². The van der Waals surface area contributed by atoms with Gasteiger partial charge in [-0.3, -0.25) is 5.43 Å². The van der Waals surface area contributed by atoms with Gasteiger partial charge < -0.3 is 4.90 Å². The molecule has 3 rings (SSSR count). The number of aromatic nitrogens is 1. The highest BCUT2D eigenvalue weighted by atomic mass is 19.4. The Kier molecular flexibility index (Phi) is 5.56. The van der Waals surface area contributed by atoms with Crippen molar-refractivity contribution in [1.29, 1.82) is 0 Å². The van der Waals surface area contributed by atoms with Gasteiger partial charge in [0.1, 0.15) is 11.6 Å². The van der Waals surface area contributed by atoms with E-state index in [-0.39, 0.29) is 17.3 Å². The summed E-state index contributed by atoms with van der Waals surface area (Å²) in [7, 11) is 0. The van der Waals surface area contributed by atoms with Crippen molar-refractivity contribution in [2.45, 2.75) is 51.7 Å². The van der Waals surface area contributed by atoms with Gasteiger partial charge in [0.25, 0.3) is 0 Å². The first-order chi connectivity index (χ1) is 13.5. The third-order valence-electron chi connectivity index (χ3n) is 5.29. The minimum atomic E-state index is -4.45. The molecule has 1 aliphatic rings. The van der Waals surface area contributed by atoms with Gasteiger partial charge in [0.05, 0.1) is 11.8 Å². The Morgan fingerprint density at radius 3 is 2.62 bits per heavy atom. The lowest BCUT2D eigenvalue weighted by molar-refractivity contribution is -0.137. The lowest BCUT2D eigenvalue weighted by Crippen LogP contribution is -2.48. The molecule has 1 aliphatic heterocycles. The number of halogens is 4. The first-order valence-corrected chi connectivity index (χ1v) is 9.46. The standard InChI is InChI=1S/C21H24F4N4/c1-5-29-18-9-17(22)14(8-16(18)13(2)10-20(29,3)4)11-27-28-19-7-6-15(12-26-19)21(23,24)25/h6-9,11-13H,5,10H2,1-4H3,(H,26,28)/b27-11+. The topological polar surface area (TPSA) is 40.5 Å². The van der Waals surface area contributed by atoms with Crippen molar-refractivity contribution in [2.24, 2.45) is 5.10 Å². The lowest BCUT2D eigenvalue weighted by atomic mass is 9.79. The molecule has 0 aliphatic carbocycles. The monoisotopic (exact) mass is 408 g/mol. The molecule has 0 radical (unpaired) electrons. The van der Waals surface area contributed by atoms with Crippen LogP contribution in [0.15, 0.2) is 35.6 Å². The molecular formula is C21H24F4N4. The number of hydrazone groups is 1.